The number of carboxylic acids is 1. The van der Waals surface area contributed by atoms with Gasteiger partial charge in [0.25, 0.3) is 5.91 Å². The number of rotatable bonds is 6. The number of carbonyl (C=O) groups excluding carboxylic acids is 1. The smallest absolute Gasteiger partial charge is 0.306 e. The summed E-state index contributed by atoms with van der Waals surface area (Å²) in [5.74, 6) is -0.564. The number of morpholine rings is 1. The second kappa shape index (κ2) is 8.31. The Kier molecular flexibility index (Phi) is 5.88. The lowest BCUT2D eigenvalue weighted by Crippen LogP contribution is -2.46. The summed E-state index contributed by atoms with van der Waals surface area (Å²) in [5, 5.41) is 8.91. The molecule has 0 bridgehead atoms. The van der Waals surface area contributed by atoms with E-state index in [1.807, 2.05) is 6.07 Å². The lowest BCUT2D eigenvalue weighted by Gasteiger charge is -2.32. The van der Waals surface area contributed by atoms with Crippen molar-refractivity contribution in [3.05, 3.63) is 29.8 Å². The van der Waals surface area contributed by atoms with Gasteiger partial charge in [0.1, 0.15) is 12.4 Å². The quantitative estimate of drug-likeness (QED) is 0.839. The molecule has 3 rings (SSSR count). The minimum atomic E-state index is -0.931. The number of carbonyl (C=O) groups is 2. The largest absolute Gasteiger partial charge is 0.490 e. The Morgan fingerprint density at radius 3 is 2.76 bits per heavy atom. The van der Waals surface area contributed by atoms with Gasteiger partial charge < -0.3 is 24.2 Å². The lowest BCUT2D eigenvalue weighted by molar-refractivity contribution is -0.141. The third kappa shape index (κ3) is 4.70. The Balaban J connectivity index is 1.65. The molecule has 2 aliphatic rings. The molecule has 2 fully saturated rings. The summed E-state index contributed by atoms with van der Waals surface area (Å²) in [6, 6.07) is 7.13. The Morgan fingerprint density at radius 2 is 2.00 bits per heavy atom. The van der Waals surface area contributed by atoms with Gasteiger partial charge in [-0.1, -0.05) is 12.1 Å². The molecule has 0 aromatic heterocycles. The third-order valence-electron chi connectivity index (χ3n) is 4.39. The fourth-order valence-electron chi connectivity index (χ4n) is 3.12. The Morgan fingerprint density at radius 1 is 1.20 bits per heavy atom. The minimum absolute atomic E-state index is 0.0755. The predicted molar refractivity (Wildman–Crippen MR) is 88.8 cm³/mol. The summed E-state index contributed by atoms with van der Waals surface area (Å²) >= 11 is 0. The SMILES string of the molecule is O=C(O)C[C@@H]1CN(C(=O)c2ccccc2OC[C@H]2CCCO2)CCO1. The summed E-state index contributed by atoms with van der Waals surface area (Å²) in [6.45, 7) is 2.23. The van der Waals surface area contributed by atoms with Crippen LogP contribution in [-0.4, -0.2) is 67.0 Å². The zero-order valence-electron chi connectivity index (χ0n) is 14.1. The van der Waals surface area contributed by atoms with E-state index >= 15 is 0 Å². The highest BCUT2D eigenvalue weighted by atomic mass is 16.5. The molecule has 25 heavy (non-hydrogen) atoms. The summed E-state index contributed by atoms with van der Waals surface area (Å²) in [6.07, 6.45) is 1.49. The molecular formula is C18H23NO6. The van der Waals surface area contributed by atoms with Crippen LogP contribution in [0.15, 0.2) is 24.3 Å². The summed E-state index contributed by atoms with van der Waals surface area (Å²) in [4.78, 5) is 25.4. The molecule has 1 N–H and O–H groups in total. The molecule has 7 nitrogen and oxygen atoms in total. The minimum Gasteiger partial charge on any atom is -0.490 e. The van der Waals surface area contributed by atoms with E-state index in [1.54, 1.807) is 23.1 Å². The van der Waals surface area contributed by atoms with Crippen molar-refractivity contribution in [2.24, 2.45) is 0 Å². The highest BCUT2D eigenvalue weighted by Gasteiger charge is 2.28. The van der Waals surface area contributed by atoms with Crippen molar-refractivity contribution in [1.82, 2.24) is 4.90 Å². The van der Waals surface area contributed by atoms with Crippen molar-refractivity contribution in [3.63, 3.8) is 0 Å². The molecule has 0 unspecified atom stereocenters. The Hall–Kier alpha value is -2.12. The summed E-state index contributed by atoms with van der Waals surface area (Å²) in [7, 11) is 0. The van der Waals surface area contributed by atoms with Gasteiger partial charge in [0.15, 0.2) is 0 Å². The van der Waals surface area contributed by atoms with Crippen LogP contribution in [0.1, 0.15) is 29.6 Å². The predicted octanol–water partition coefficient (Wildman–Crippen LogP) is 1.56. The molecule has 0 aliphatic carbocycles. The lowest BCUT2D eigenvalue weighted by atomic mass is 10.1. The van der Waals surface area contributed by atoms with Crippen LogP contribution in [0.3, 0.4) is 0 Å². The Labute approximate surface area is 146 Å². The van der Waals surface area contributed by atoms with E-state index in [0.717, 1.165) is 19.4 Å². The summed E-state index contributed by atoms with van der Waals surface area (Å²) < 4.78 is 16.8. The van der Waals surface area contributed by atoms with Crippen molar-refractivity contribution in [2.45, 2.75) is 31.5 Å². The number of para-hydroxylation sites is 1. The van der Waals surface area contributed by atoms with Gasteiger partial charge in [-0.25, -0.2) is 0 Å². The molecule has 136 valence electrons. The average Bonchev–Trinajstić information content (AvgIpc) is 3.13. The zero-order valence-corrected chi connectivity index (χ0v) is 14.1. The Bertz CT molecular complexity index is 613. The van der Waals surface area contributed by atoms with Crippen LogP contribution in [0.5, 0.6) is 5.75 Å². The number of benzene rings is 1. The first-order valence-electron chi connectivity index (χ1n) is 8.59. The van der Waals surface area contributed by atoms with Gasteiger partial charge in [0, 0.05) is 19.7 Å². The maximum atomic E-state index is 12.9. The molecule has 0 saturated carbocycles. The zero-order chi connectivity index (χ0) is 17.6. The van der Waals surface area contributed by atoms with E-state index in [-0.39, 0.29) is 25.0 Å². The first-order valence-corrected chi connectivity index (χ1v) is 8.59. The van der Waals surface area contributed by atoms with Crippen LogP contribution < -0.4 is 4.74 Å². The van der Waals surface area contributed by atoms with Crippen LogP contribution in [0.2, 0.25) is 0 Å². The average molecular weight is 349 g/mol. The van der Waals surface area contributed by atoms with Gasteiger partial charge in [-0.3, -0.25) is 9.59 Å². The topological polar surface area (TPSA) is 85.3 Å². The van der Waals surface area contributed by atoms with Crippen molar-refractivity contribution >= 4 is 11.9 Å². The highest BCUT2D eigenvalue weighted by molar-refractivity contribution is 5.97. The maximum absolute atomic E-state index is 12.9. The van der Waals surface area contributed by atoms with Gasteiger partial charge in [0.05, 0.1) is 30.8 Å². The van der Waals surface area contributed by atoms with Gasteiger partial charge in [0.2, 0.25) is 0 Å². The highest BCUT2D eigenvalue weighted by Crippen LogP contribution is 2.23. The molecule has 2 saturated heterocycles. The van der Waals surface area contributed by atoms with Gasteiger partial charge in [-0.15, -0.1) is 0 Å². The van der Waals surface area contributed by atoms with E-state index < -0.39 is 12.1 Å². The fourth-order valence-corrected chi connectivity index (χ4v) is 3.12. The molecule has 2 atom stereocenters. The fraction of sp³-hybridized carbons (Fsp3) is 0.556. The van der Waals surface area contributed by atoms with Crippen LogP contribution in [0, 0.1) is 0 Å². The molecule has 2 aliphatic heterocycles. The molecule has 1 aromatic carbocycles. The first kappa shape index (κ1) is 17.7. The van der Waals surface area contributed by atoms with Crippen molar-refractivity contribution in [2.75, 3.05) is 32.9 Å². The molecule has 0 radical (unpaired) electrons. The normalized spacial score (nSPS) is 23.4. The van der Waals surface area contributed by atoms with E-state index in [2.05, 4.69) is 0 Å². The molecule has 1 amide bonds. The maximum Gasteiger partial charge on any atom is 0.306 e. The van der Waals surface area contributed by atoms with Crippen molar-refractivity contribution in [1.29, 1.82) is 0 Å². The van der Waals surface area contributed by atoms with Crippen molar-refractivity contribution in [3.8, 4) is 5.75 Å². The number of aliphatic carboxylic acids is 1. The standard InChI is InChI=1S/C18H23NO6/c20-17(21)10-14-11-19(7-9-24-14)18(22)15-5-1-2-6-16(15)25-12-13-4-3-8-23-13/h1-2,5-6,13-14H,3-4,7-12H2,(H,20,21)/t13-,14-/m1/s1. The summed E-state index contributed by atoms with van der Waals surface area (Å²) in [5.41, 5.74) is 0.483. The molecule has 0 spiro atoms. The van der Waals surface area contributed by atoms with Crippen LogP contribution in [0.4, 0.5) is 0 Å². The van der Waals surface area contributed by atoms with E-state index in [1.165, 1.54) is 0 Å². The van der Waals surface area contributed by atoms with Gasteiger partial charge in [-0.05, 0) is 25.0 Å². The second-order valence-electron chi connectivity index (χ2n) is 6.28. The molecule has 7 heteroatoms. The number of ether oxygens (including phenoxy) is 3. The van der Waals surface area contributed by atoms with Crippen LogP contribution in [-0.2, 0) is 14.3 Å². The first-order chi connectivity index (χ1) is 12.1. The van der Waals surface area contributed by atoms with E-state index in [4.69, 9.17) is 19.3 Å². The van der Waals surface area contributed by atoms with Crippen molar-refractivity contribution < 1.29 is 28.9 Å². The number of amides is 1. The number of carboxylic acid groups (broad SMARTS) is 1. The van der Waals surface area contributed by atoms with Crippen LogP contribution in [0.25, 0.3) is 0 Å². The molecular weight excluding hydrogens is 326 g/mol. The second-order valence-corrected chi connectivity index (χ2v) is 6.28. The molecule has 2 heterocycles. The van der Waals surface area contributed by atoms with Gasteiger partial charge >= 0.3 is 5.97 Å². The van der Waals surface area contributed by atoms with E-state index in [0.29, 0.717) is 31.1 Å². The van der Waals surface area contributed by atoms with Crippen LogP contribution >= 0.6 is 0 Å². The third-order valence-corrected chi connectivity index (χ3v) is 4.39. The van der Waals surface area contributed by atoms with E-state index in [9.17, 15) is 9.59 Å². The monoisotopic (exact) mass is 349 g/mol. The number of hydrogen-bond donors (Lipinski definition) is 1. The molecule has 1 aromatic rings. The van der Waals surface area contributed by atoms with Gasteiger partial charge in [-0.2, -0.15) is 0 Å². The number of nitrogens with zero attached hydrogens (tertiary/aromatic N) is 1. The number of hydrogen-bond acceptors (Lipinski definition) is 5.